The van der Waals surface area contributed by atoms with Crippen LogP contribution in [-0.4, -0.2) is 46.9 Å². The van der Waals surface area contributed by atoms with Crippen LogP contribution >= 0.6 is 0 Å². The number of fused-ring (bicyclic) bond motifs is 1. The number of hydrogen-bond donors (Lipinski definition) is 1. The lowest BCUT2D eigenvalue weighted by Crippen LogP contribution is -2.33. The van der Waals surface area contributed by atoms with Crippen molar-refractivity contribution in [3.63, 3.8) is 0 Å². The van der Waals surface area contributed by atoms with E-state index in [0.29, 0.717) is 12.3 Å². The number of amides is 1. The lowest BCUT2D eigenvalue weighted by atomic mass is 9.89. The average molecular weight is 430 g/mol. The minimum atomic E-state index is 0.325. The van der Waals surface area contributed by atoms with Crippen molar-refractivity contribution in [1.82, 2.24) is 14.8 Å². The Kier molecular flexibility index (Phi) is 6.59. The Morgan fingerprint density at radius 1 is 0.906 bits per heavy atom. The molecule has 4 nitrogen and oxygen atoms in total. The summed E-state index contributed by atoms with van der Waals surface area (Å²) in [6.45, 7) is 5.32. The van der Waals surface area contributed by atoms with E-state index < -0.39 is 0 Å². The number of aryl methyl sites for hydroxylation is 1. The molecule has 168 valence electrons. The van der Waals surface area contributed by atoms with Crippen LogP contribution in [0.25, 0.3) is 10.9 Å². The third kappa shape index (κ3) is 5.07. The molecule has 2 aliphatic heterocycles. The second-order valence-corrected chi connectivity index (χ2v) is 9.69. The molecule has 0 unspecified atom stereocenters. The van der Waals surface area contributed by atoms with Gasteiger partial charge in [0.1, 0.15) is 0 Å². The van der Waals surface area contributed by atoms with Crippen molar-refractivity contribution < 1.29 is 4.79 Å². The standard InChI is InChI=1S/C28H35N3O/c32-28(31-15-3-4-16-31)12-11-22-7-9-23(10-8-22)19-24-13-17-30(18-14-24)21-25-20-29-27-6-2-1-5-26(25)27/h1-2,5-10,20,24,29H,3-4,11-19,21H2. The van der Waals surface area contributed by atoms with E-state index in [4.69, 9.17) is 0 Å². The number of likely N-dealkylation sites (tertiary alicyclic amines) is 2. The molecule has 0 atom stereocenters. The molecule has 32 heavy (non-hydrogen) atoms. The third-order valence-corrected chi connectivity index (χ3v) is 7.41. The number of piperidine rings is 1. The summed E-state index contributed by atoms with van der Waals surface area (Å²) < 4.78 is 0. The monoisotopic (exact) mass is 429 g/mol. The number of rotatable bonds is 7. The number of benzene rings is 2. The van der Waals surface area contributed by atoms with E-state index in [-0.39, 0.29) is 0 Å². The quantitative estimate of drug-likeness (QED) is 0.562. The van der Waals surface area contributed by atoms with Crippen LogP contribution in [0, 0.1) is 5.92 Å². The Bertz CT molecular complexity index is 1020. The Morgan fingerprint density at radius 2 is 1.62 bits per heavy atom. The van der Waals surface area contributed by atoms with E-state index in [0.717, 1.165) is 32.0 Å². The minimum absolute atomic E-state index is 0.325. The van der Waals surface area contributed by atoms with Crippen LogP contribution < -0.4 is 0 Å². The number of nitrogens with one attached hydrogen (secondary N) is 1. The molecule has 2 saturated heterocycles. The highest BCUT2D eigenvalue weighted by molar-refractivity contribution is 5.83. The normalized spacial score (nSPS) is 17.9. The first-order valence-corrected chi connectivity index (χ1v) is 12.4. The van der Waals surface area contributed by atoms with Gasteiger partial charge in [-0.1, -0.05) is 42.5 Å². The van der Waals surface area contributed by atoms with Gasteiger partial charge in [0.15, 0.2) is 0 Å². The number of para-hydroxylation sites is 1. The SMILES string of the molecule is O=C(CCc1ccc(CC2CCN(Cc3c[nH]c4ccccc34)CC2)cc1)N1CCCC1. The maximum absolute atomic E-state index is 12.3. The second-order valence-electron chi connectivity index (χ2n) is 9.69. The molecule has 2 aromatic carbocycles. The van der Waals surface area contributed by atoms with Gasteiger partial charge < -0.3 is 9.88 Å². The molecule has 3 heterocycles. The van der Waals surface area contributed by atoms with Gasteiger partial charge in [0, 0.05) is 43.2 Å². The van der Waals surface area contributed by atoms with Crippen molar-refractivity contribution in [1.29, 1.82) is 0 Å². The van der Waals surface area contributed by atoms with Gasteiger partial charge >= 0.3 is 0 Å². The number of hydrogen-bond acceptors (Lipinski definition) is 2. The smallest absolute Gasteiger partial charge is 0.222 e. The van der Waals surface area contributed by atoms with E-state index in [2.05, 4.69) is 64.6 Å². The molecule has 2 aliphatic rings. The van der Waals surface area contributed by atoms with Gasteiger partial charge in [0.05, 0.1) is 0 Å². The topological polar surface area (TPSA) is 39.3 Å². The van der Waals surface area contributed by atoms with E-state index >= 15 is 0 Å². The molecule has 1 amide bonds. The van der Waals surface area contributed by atoms with Crippen LogP contribution in [0.3, 0.4) is 0 Å². The maximum atomic E-state index is 12.3. The zero-order valence-corrected chi connectivity index (χ0v) is 19.1. The molecule has 0 bridgehead atoms. The largest absolute Gasteiger partial charge is 0.361 e. The predicted molar refractivity (Wildman–Crippen MR) is 131 cm³/mol. The van der Waals surface area contributed by atoms with Gasteiger partial charge in [-0.25, -0.2) is 0 Å². The molecule has 5 rings (SSSR count). The number of carbonyl (C=O) groups is 1. The van der Waals surface area contributed by atoms with Crippen molar-refractivity contribution in [2.45, 2.75) is 51.5 Å². The van der Waals surface area contributed by atoms with E-state index in [9.17, 15) is 4.79 Å². The zero-order valence-electron chi connectivity index (χ0n) is 19.1. The van der Waals surface area contributed by atoms with E-state index in [1.807, 2.05) is 4.90 Å². The van der Waals surface area contributed by atoms with Gasteiger partial charge in [-0.15, -0.1) is 0 Å². The maximum Gasteiger partial charge on any atom is 0.222 e. The number of nitrogens with zero attached hydrogens (tertiary/aromatic N) is 2. The summed E-state index contributed by atoms with van der Waals surface area (Å²) in [4.78, 5) is 20.3. The van der Waals surface area contributed by atoms with Crippen molar-refractivity contribution in [3.8, 4) is 0 Å². The molecule has 1 aromatic heterocycles. The van der Waals surface area contributed by atoms with Crippen LogP contribution in [0.15, 0.2) is 54.7 Å². The van der Waals surface area contributed by atoms with Gasteiger partial charge in [-0.3, -0.25) is 9.69 Å². The number of carbonyl (C=O) groups excluding carboxylic acids is 1. The summed E-state index contributed by atoms with van der Waals surface area (Å²) in [5.74, 6) is 1.10. The van der Waals surface area contributed by atoms with Crippen LogP contribution in [0.1, 0.15) is 48.8 Å². The highest BCUT2D eigenvalue weighted by Gasteiger charge is 2.21. The fourth-order valence-electron chi connectivity index (χ4n) is 5.40. The van der Waals surface area contributed by atoms with Crippen molar-refractivity contribution in [3.05, 3.63) is 71.4 Å². The Hall–Kier alpha value is -2.59. The molecular formula is C28H35N3O. The molecule has 0 spiro atoms. The summed E-state index contributed by atoms with van der Waals surface area (Å²) in [5.41, 5.74) is 5.38. The number of aromatic nitrogens is 1. The minimum Gasteiger partial charge on any atom is -0.361 e. The lowest BCUT2D eigenvalue weighted by Gasteiger charge is -2.32. The number of H-pyrrole nitrogens is 1. The fourth-order valence-corrected chi connectivity index (χ4v) is 5.40. The third-order valence-electron chi connectivity index (χ3n) is 7.41. The first kappa shape index (κ1) is 21.3. The summed E-state index contributed by atoms with van der Waals surface area (Å²) in [7, 11) is 0. The van der Waals surface area contributed by atoms with Crippen LogP contribution in [-0.2, 0) is 24.2 Å². The molecule has 0 saturated carbocycles. The Morgan fingerprint density at radius 3 is 2.41 bits per heavy atom. The Balaban J connectivity index is 1.07. The molecule has 2 fully saturated rings. The van der Waals surface area contributed by atoms with Crippen LogP contribution in [0.4, 0.5) is 0 Å². The van der Waals surface area contributed by atoms with Gasteiger partial charge in [0.25, 0.3) is 0 Å². The summed E-state index contributed by atoms with van der Waals surface area (Å²) >= 11 is 0. The zero-order chi connectivity index (χ0) is 21.8. The predicted octanol–water partition coefficient (Wildman–Crippen LogP) is 5.18. The van der Waals surface area contributed by atoms with Gasteiger partial charge in [-0.05, 0) is 80.3 Å². The van der Waals surface area contributed by atoms with Gasteiger partial charge in [-0.2, -0.15) is 0 Å². The highest BCUT2D eigenvalue weighted by Crippen LogP contribution is 2.25. The summed E-state index contributed by atoms with van der Waals surface area (Å²) in [6, 6.07) is 17.6. The molecule has 0 radical (unpaired) electrons. The Labute approximate surface area is 191 Å². The van der Waals surface area contributed by atoms with E-state index in [1.54, 1.807) is 0 Å². The van der Waals surface area contributed by atoms with Crippen molar-refractivity contribution in [2.75, 3.05) is 26.2 Å². The summed E-state index contributed by atoms with van der Waals surface area (Å²) in [5, 5.41) is 1.36. The van der Waals surface area contributed by atoms with Crippen molar-refractivity contribution in [2.24, 2.45) is 5.92 Å². The second kappa shape index (κ2) is 9.91. The van der Waals surface area contributed by atoms with Crippen LogP contribution in [0.5, 0.6) is 0 Å². The van der Waals surface area contributed by atoms with E-state index in [1.165, 1.54) is 72.8 Å². The first-order valence-electron chi connectivity index (χ1n) is 12.4. The molecule has 1 N–H and O–H groups in total. The molecule has 3 aromatic rings. The van der Waals surface area contributed by atoms with Gasteiger partial charge in [0.2, 0.25) is 5.91 Å². The van der Waals surface area contributed by atoms with Crippen molar-refractivity contribution >= 4 is 16.8 Å². The highest BCUT2D eigenvalue weighted by atomic mass is 16.2. The molecular weight excluding hydrogens is 394 g/mol. The fraction of sp³-hybridized carbons (Fsp3) is 0.464. The first-order chi connectivity index (χ1) is 15.7. The summed E-state index contributed by atoms with van der Waals surface area (Å²) in [6.07, 6.45) is 9.74. The molecule has 4 heteroatoms. The van der Waals surface area contributed by atoms with Crippen LogP contribution in [0.2, 0.25) is 0 Å². The number of aromatic amines is 1. The lowest BCUT2D eigenvalue weighted by molar-refractivity contribution is -0.130. The average Bonchev–Trinajstić information content (AvgIpc) is 3.51. The molecule has 0 aliphatic carbocycles.